The lowest BCUT2D eigenvalue weighted by Gasteiger charge is -2.20. The molecule has 1 aromatic rings. The summed E-state index contributed by atoms with van der Waals surface area (Å²) in [6, 6.07) is 3.20. The van der Waals surface area contributed by atoms with E-state index in [4.69, 9.17) is 0 Å². The second-order valence-corrected chi connectivity index (χ2v) is 6.23. The van der Waals surface area contributed by atoms with Crippen molar-refractivity contribution in [2.45, 2.75) is 45.6 Å². The molecule has 1 heterocycles. The molecule has 0 saturated heterocycles. The van der Waals surface area contributed by atoms with Gasteiger partial charge in [-0.25, -0.2) is 0 Å². The van der Waals surface area contributed by atoms with Gasteiger partial charge in [0.25, 0.3) is 5.56 Å². The number of aromatic nitrogens is 1. The van der Waals surface area contributed by atoms with Crippen LogP contribution in [-0.4, -0.2) is 10.5 Å². The molecular weight excluding hydrogens is 252 g/mol. The third-order valence-corrected chi connectivity index (χ3v) is 4.94. The molecule has 2 bridgehead atoms. The number of anilines is 1. The summed E-state index contributed by atoms with van der Waals surface area (Å²) >= 11 is 0. The van der Waals surface area contributed by atoms with Gasteiger partial charge in [0.1, 0.15) is 0 Å². The summed E-state index contributed by atoms with van der Waals surface area (Å²) in [6.45, 7) is 2.54. The molecule has 0 aliphatic heterocycles. The third kappa shape index (κ3) is 2.65. The summed E-state index contributed by atoms with van der Waals surface area (Å²) < 4.78 is 1.60. The van der Waals surface area contributed by atoms with Crippen LogP contribution in [0.4, 0.5) is 5.69 Å². The molecule has 2 aliphatic carbocycles. The Balaban J connectivity index is 1.60. The van der Waals surface area contributed by atoms with Crippen LogP contribution in [-0.2, 0) is 11.3 Å². The molecule has 2 fully saturated rings. The number of hydrogen-bond acceptors (Lipinski definition) is 2. The van der Waals surface area contributed by atoms with Gasteiger partial charge in [0.2, 0.25) is 5.91 Å². The van der Waals surface area contributed by atoms with E-state index in [1.807, 2.05) is 6.92 Å². The van der Waals surface area contributed by atoms with Crippen LogP contribution >= 0.6 is 0 Å². The number of fused-ring (bicyclic) bond motifs is 2. The zero-order valence-electron chi connectivity index (χ0n) is 12.0. The van der Waals surface area contributed by atoms with Crippen LogP contribution in [0, 0.1) is 17.8 Å². The Morgan fingerprint density at radius 3 is 2.85 bits per heavy atom. The standard InChI is InChI=1S/C16H22N2O2/c1-2-18-10-14(5-6-16(18)20)17-15(19)9-13-8-11-3-4-12(13)7-11/h5-6,10-13H,2-4,7-9H2,1H3,(H,17,19). The van der Waals surface area contributed by atoms with Gasteiger partial charge in [-0.05, 0) is 50.0 Å². The maximum Gasteiger partial charge on any atom is 0.250 e. The van der Waals surface area contributed by atoms with E-state index in [-0.39, 0.29) is 11.5 Å². The average molecular weight is 274 g/mol. The molecule has 1 aromatic heterocycles. The highest BCUT2D eigenvalue weighted by Gasteiger charge is 2.40. The summed E-state index contributed by atoms with van der Waals surface area (Å²) in [5, 5.41) is 2.93. The topological polar surface area (TPSA) is 51.1 Å². The fraction of sp³-hybridized carbons (Fsp3) is 0.625. The molecule has 2 saturated carbocycles. The van der Waals surface area contributed by atoms with Crippen LogP contribution < -0.4 is 10.9 Å². The van der Waals surface area contributed by atoms with E-state index in [1.165, 1.54) is 31.7 Å². The van der Waals surface area contributed by atoms with E-state index >= 15 is 0 Å². The van der Waals surface area contributed by atoms with Crippen molar-refractivity contribution in [2.24, 2.45) is 17.8 Å². The number of amides is 1. The zero-order chi connectivity index (χ0) is 14.1. The summed E-state index contributed by atoms with van der Waals surface area (Å²) in [4.78, 5) is 23.6. The molecule has 4 heteroatoms. The number of aryl methyl sites for hydroxylation is 1. The fourth-order valence-electron chi connectivity index (χ4n) is 3.93. The second-order valence-electron chi connectivity index (χ2n) is 6.23. The van der Waals surface area contributed by atoms with Gasteiger partial charge in [0, 0.05) is 25.2 Å². The van der Waals surface area contributed by atoms with Crippen molar-refractivity contribution >= 4 is 11.6 Å². The lowest BCUT2D eigenvalue weighted by atomic mass is 9.86. The number of carbonyl (C=O) groups excluding carboxylic acids is 1. The number of pyridine rings is 1. The predicted octanol–water partition coefficient (Wildman–Crippen LogP) is 2.63. The lowest BCUT2D eigenvalue weighted by Crippen LogP contribution is -2.22. The second kappa shape index (κ2) is 5.43. The van der Waals surface area contributed by atoms with Crippen LogP contribution in [0.25, 0.3) is 0 Å². The highest BCUT2D eigenvalue weighted by Crippen LogP contribution is 2.49. The van der Waals surface area contributed by atoms with Crippen LogP contribution in [0.5, 0.6) is 0 Å². The average Bonchev–Trinajstić information content (AvgIpc) is 3.03. The predicted molar refractivity (Wildman–Crippen MR) is 78.6 cm³/mol. The number of carbonyl (C=O) groups is 1. The molecule has 0 radical (unpaired) electrons. The quantitative estimate of drug-likeness (QED) is 0.917. The highest BCUT2D eigenvalue weighted by molar-refractivity contribution is 5.90. The molecule has 3 unspecified atom stereocenters. The Morgan fingerprint density at radius 1 is 1.35 bits per heavy atom. The van der Waals surface area contributed by atoms with Gasteiger partial charge in [0.05, 0.1) is 5.69 Å². The van der Waals surface area contributed by atoms with Crippen molar-refractivity contribution in [1.29, 1.82) is 0 Å². The van der Waals surface area contributed by atoms with Crippen molar-refractivity contribution in [3.05, 3.63) is 28.7 Å². The van der Waals surface area contributed by atoms with Gasteiger partial charge in [0.15, 0.2) is 0 Å². The molecule has 0 aromatic carbocycles. The lowest BCUT2D eigenvalue weighted by molar-refractivity contribution is -0.117. The molecule has 2 aliphatic rings. The van der Waals surface area contributed by atoms with Gasteiger partial charge >= 0.3 is 0 Å². The molecule has 4 nitrogen and oxygen atoms in total. The Morgan fingerprint density at radius 2 is 2.20 bits per heavy atom. The summed E-state index contributed by atoms with van der Waals surface area (Å²) in [6.07, 6.45) is 7.59. The first-order valence-corrected chi connectivity index (χ1v) is 7.66. The highest BCUT2D eigenvalue weighted by atomic mass is 16.1. The Labute approximate surface area is 119 Å². The van der Waals surface area contributed by atoms with Gasteiger partial charge < -0.3 is 9.88 Å². The first-order chi connectivity index (χ1) is 9.65. The third-order valence-electron chi connectivity index (χ3n) is 4.94. The van der Waals surface area contributed by atoms with E-state index in [0.29, 0.717) is 18.9 Å². The number of rotatable bonds is 4. The van der Waals surface area contributed by atoms with E-state index in [9.17, 15) is 9.59 Å². The largest absolute Gasteiger partial charge is 0.325 e. The molecule has 108 valence electrons. The summed E-state index contributed by atoms with van der Waals surface area (Å²) in [7, 11) is 0. The van der Waals surface area contributed by atoms with Crippen LogP contribution in [0.1, 0.15) is 39.0 Å². The van der Waals surface area contributed by atoms with Crippen LogP contribution in [0.3, 0.4) is 0 Å². The molecule has 1 N–H and O–H groups in total. The first-order valence-electron chi connectivity index (χ1n) is 7.66. The maximum atomic E-state index is 12.1. The van der Waals surface area contributed by atoms with Crippen molar-refractivity contribution < 1.29 is 4.79 Å². The smallest absolute Gasteiger partial charge is 0.250 e. The number of nitrogens with one attached hydrogen (secondary N) is 1. The zero-order valence-corrected chi connectivity index (χ0v) is 12.0. The van der Waals surface area contributed by atoms with E-state index < -0.39 is 0 Å². The Kier molecular flexibility index (Phi) is 3.64. The number of nitrogens with zero attached hydrogens (tertiary/aromatic N) is 1. The van der Waals surface area contributed by atoms with Gasteiger partial charge in [-0.2, -0.15) is 0 Å². The van der Waals surface area contributed by atoms with E-state index in [0.717, 1.165) is 17.5 Å². The monoisotopic (exact) mass is 274 g/mol. The molecule has 3 atom stereocenters. The van der Waals surface area contributed by atoms with Crippen molar-refractivity contribution in [3.8, 4) is 0 Å². The molecule has 1 amide bonds. The number of hydrogen-bond donors (Lipinski definition) is 1. The molecule has 0 spiro atoms. The minimum atomic E-state index is -0.0291. The fourth-order valence-corrected chi connectivity index (χ4v) is 3.93. The SMILES string of the molecule is CCn1cc(NC(=O)CC2CC3CCC2C3)ccc1=O. The molecular formula is C16H22N2O2. The Bertz CT molecular complexity index is 564. The van der Waals surface area contributed by atoms with Crippen LogP contribution in [0.15, 0.2) is 23.1 Å². The minimum absolute atomic E-state index is 0.0291. The van der Waals surface area contributed by atoms with Gasteiger partial charge in [-0.15, -0.1) is 0 Å². The van der Waals surface area contributed by atoms with Crippen molar-refractivity contribution in [1.82, 2.24) is 4.57 Å². The summed E-state index contributed by atoms with van der Waals surface area (Å²) in [5.41, 5.74) is 0.693. The van der Waals surface area contributed by atoms with Crippen molar-refractivity contribution in [2.75, 3.05) is 5.32 Å². The first kappa shape index (κ1) is 13.4. The van der Waals surface area contributed by atoms with E-state index in [1.54, 1.807) is 16.8 Å². The van der Waals surface area contributed by atoms with Crippen LogP contribution in [0.2, 0.25) is 0 Å². The van der Waals surface area contributed by atoms with Crippen molar-refractivity contribution in [3.63, 3.8) is 0 Å². The van der Waals surface area contributed by atoms with E-state index in [2.05, 4.69) is 5.32 Å². The van der Waals surface area contributed by atoms with Gasteiger partial charge in [-0.1, -0.05) is 6.42 Å². The summed E-state index contributed by atoms with van der Waals surface area (Å²) in [5.74, 6) is 2.31. The molecule has 20 heavy (non-hydrogen) atoms. The Hall–Kier alpha value is -1.58. The molecule has 3 rings (SSSR count). The minimum Gasteiger partial charge on any atom is -0.325 e. The normalized spacial score (nSPS) is 27.8. The maximum absolute atomic E-state index is 12.1. The van der Waals surface area contributed by atoms with Gasteiger partial charge in [-0.3, -0.25) is 9.59 Å².